The van der Waals surface area contributed by atoms with Gasteiger partial charge in [0.1, 0.15) is 5.75 Å². The fraction of sp³-hybridized carbons (Fsp3) is 0.739. The maximum Gasteiger partial charge on any atom is 0.119 e. The summed E-state index contributed by atoms with van der Waals surface area (Å²) in [5.41, 5.74) is 3.26. The molecule has 2 fully saturated rings. The predicted molar refractivity (Wildman–Crippen MR) is 106 cm³/mol. The first-order valence-electron chi connectivity index (χ1n) is 10.6. The summed E-state index contributed by atoms with van der Waals surface area (Å²) in [7, 11) is 4.21. The van der Waals surface area contributed by atoms with Gasteiger partial charge in [-0.1, -0.05) is 13.0 Å². The summed E-state index contributed by atoms with van der Waals surface area (Å²) in [4.78, 5) is 2.20. The number of aliphatic hydroxyl groups is 1. The van der Waals surface area contributed by atoms with Crippen molar-refractivity contribution in [1.29, 1.82) is 0 Å². The summed E-state index contributed by atoms with van der Waals surface area (Å²) in [6, 6.07) is 6.84. The lowest BCUT2D eigenvalue weighted by atomic mass is 9.55. The molecule has 4 rings (SSSR count). The van der Waals surface area contributed by atoms with Gasteiger partial charge in [-0.15, -0.1) is 0 Å². The highest BCUT2D eigenvalue weighted by Gasteiger charge is 2.54. The van der Waals surface area contributed by atoms with Gasteiger partial charge in [-0.05, 0) is 105 Å². The van der Waals surface area contributed by atoms with Crippen molar-refractivity contribution in [1.82, 2.24) is 4.90 Å². The van der Waals surface area contributed by atoms with E-state index < -0.39 is 0 Å². The maximum atomic E-state index is 10.5. The summed E-state index contributed by atoms with van der Waals surface area (Å²) >= 11 is 0. The van der Waals surface area contributed by atoms with Crippen LogP contribution in [0.4, 0.5) is 0 Å². The first-order valence-corrected chi connectivity index (χ1v) is 10.6. The Kier molecular flexibility index (Phi) is 5.04. The van der Waals surface area contributed by atoms with Gasteiger partial charge in [0, 0.05) is 6.54 Å². The van der Waals surface area contributed by atoms with Crippen molar-refractivity contribution in [2.75, 3.05) is 27.2 Å². The molecule has 0 radical (unpaired) electrons. The van der Waals surface area contributed by atoms with Gasteiger partial charge in [-0.2, -0.15) is 0 Å². The normalized spacial score (nSPS) is 35.7. The molecular formula is C23H35NO2. The molecule has 0 unspecified atom stereocenters. The molecule has 0 spiro atoms. The topological polar surface area (TPSA) is 32.7 Å². The lowest BCUT2D eigenvalue weighted by Gasteiger charge is -2.50. The second-order valence-corrected chi connectivity index (χ2v) is 9.42. The van der Waals surface area contributed by atoms with Crippen LogP contribution in [0.2, 0.25) is 0 Å². The monoisotopic (exact) mass is 357 g/mol. The van der Waals surface area contributed by atoms with Gasteiger partial charge in [0.2, 0.25) is 0 Å². The molecule has 0 bridgehead atoms. The Bertz CT molecular complexity index is 643. The number of aryl methyl sites for hydroxylation is 1. The third kappa shape index (κ3) is 3.18. The minimum atomic E-state index is -0.0761. The predicted octanol–water partition coefficient (Wildman–Crippen LogP) is 4.23. The van der Waals surface area contributed by atoms with E-state index in [2.05, 4.69) is 44.1 Å². The summed E-state index contributed by atoms with van der Waals surface area (Å²) in [6.45, 7) is 4.22. The van der Waals surface area contributed by atoms with Crippen LogP contribution in [-0.4, -0.2) is 43.4 Å². The number of rotatable bonds is 5. The number of aliphatic hydroxyl groups excluding tert-OH is 1. The quantitative estimate of drug-likeness (QED) is 0.800. The fourth-order valence-corrected chi connectivity index (χ4v) is 6.19. The molecule has 3 aliphatic carbocycles. The lowest BCUT2D eigenvalue weighted by molar-refractivity contribution is -0.0226. The van der Waals surface area contributed by atoms with Crippen molar-refractivity contribution >= 4 is 0 Å². The summed E-state index contributed by atoms with van der Waals surface area (Å²) in [5.74, 6) is 3.22. The van der Waals surface area contributed by atoms with Crippen molar-refractivity contribution in [3.05, 3.63) is 29.3 Å². The van der Waals surface area contributed by atoms with Crippen LogP contribution >= 0.6 is 0 Å². The Hall–Kier alpha value is -1.06. The van der Waals surface area contributed by atoms with Crippen molar-refractivity contribution in [3.63, 3.8) is 0 Å². The van der Waals surface area contributed by atoms with Gasteiger partial charge in [0.25, 0.3) is 0 Å². The van der Waals surface area contributed by atoms with E-state index in [1.54, 1.807) is 5.56 Å². The summed E-state index contributed by atoms with van der Waals surface area (Å²) in [5, 5.41) is 10.5. The fourth-order valence-electron chi connectivity index (χ4n) is 6.19. The van der Waals surface area contributed by atoms with E-state index in [0.29, 0.717) is 11.8 Å². The number of hydrogen-bond acceptors (Lipinski definition) is 3. The number of nitrogens with zero attached hydrogens (tertiary/aromatic N) is 1. The van der Waals surface area contributed by atoms with Gasteiger partial charge in [0.15, 0.2) is 0 Å². The van der Waals surface area contributed by atoms with Crippen molar-refractivity contribution in [2.24, 2.45) is 17.3 Å². The zero-order valence-corrected chi connectivity index (χ0v) is 16.7. The average molecular weight is 358 g/mol. The third-order valence-corrected chi connectivity index (χ3v) is 7.67. The summed E-state index contributed by atoms with van der Waals surface area (Å²) in [6.07, 6.45) is 8.11. The number of hydrogen-bond donors (Lipinski definition) is 1. The minimum Gasteiger partial charge on any atom is -0.494 e. The highest BCUT2D eigenvalue weighted by Crippen LogP contribution is 2.60. The molecule has 5 atom stereocenters. The second-order valence-electron chi connectivity index (χ2n) is 9.42. The molecule has 0 saturated heterocycles. The molecule has 3 heteroatoms. The largest absolute Gasteiger partial charge is 0.494 e. The lowest BCUT2D eigenvalue weighted by Crippen LogP contribution is -2.43. The molecule has 1 aromatic carbocycles. The van der Waals surface area contributed by atoms with E-state index in [4.69, 9.17) is 4.74 Å². The van der Waals surface area contributed by atoms with Crippen LogP contribution in [0.1, 0.15) is 62.5 Å². The van der Waals surface area contributed by atoms with Crippen LogP contribution in [0.5, 0.6) is 5.75 Å². The first kappa shape index (κ1) is 18.3. The van der Waals surface area contributed by atoms with Crippen molar-refractivity contribution < 1.29 is 9.84 Å². The summed E-state index contributed by atoms with van der Waals surface area (Å²) < 4.78 is 6.00. The van der Waals surface area contributed by atoms with E-state index in [-0.39, 0.29) is 11.5 Å². The van der Waals surface area contributed by atoms with Gasteiger partial charge in [0.05, 0.1) is 12.7 Å². The minimum absolute atomic E-state index is 0.0761. The Morgan fingerprint density at radius 2 is 2.04 bits per heavy atom. The second kappa shape index (κ2) is 7.16. The molecule has 0 amide bonds. The molecule has 0 aliphatic heterocycles. The number of ether oxygens (including phenoxy) is 1. The molecule has 26 heavy (non-hydrogen) atoms. The first-order chi connectivity index (χ1) is 12.5. The van der Waals surface area contributed by atoms with Crippen LogP contribution in [0.15, 0.2) is 18.2 Å². The molecule has 3 aliphatic rings. The van der Waals surface area contributed by atoms with Gasteiger partial charge in [-0.25, -0.2) is 0 Å². The maximum absolute atomic E-state index is 10.5. The Morgan fingerprint density at radius 3 is 2.85 bits per heavy atom. The molecular weight excluding hydrogens is 322 g/mol. The molecule has 1 N–H and O–H groups in total. The Morgan fingerprint density at radius 1 is 1.19 bits per heavy atom. The van der Waals surface area contributed by atoms with E-state index in [9.17, 15) is 5.11 Å². The van der Waals surface area contributed by atoms with Gasteiger partial charge >= 0.3 is 0 Å². The molecule has 0 aromatic heterocycles. The van der Waals surface area contributed by atoms with E-state index in [1.165, 1.54) is 37.7 Å². The van der Waals surface area contributed by atoms with Gasteiger partial charge in [-0.3, -0.25) is 0 Å². The zero-order valence-electron chi connectivity index (χ0n) is 16.7. The highest BCUT2D eigenvalue weighted by molar-refractivity contribution is 5.40. The van der Waals surface area contributed by atoms with E-state index in [0.717, 1.165) is 37.7 Å². The SMILES string of the molecule is CN(C)CCCOc1ccc2c(c1)CC[C@@H]1[C@@H]2CC[C@]2(C)[C@@H](O)CC[C@@H]12. The molecule has 1 aromatic rings. The van der Waals surface area contributed by atoms with Gasteiger partial charge < -0.3 is 14.7 Å². The zero-order chi connectivity index (χ0) is 18.3. The van der Waals surface area contributed by atoms with Crippen molar-refractivity contribution in [2.45, 2.75) is 63.9 Å². The van der Waals surface area contributed by atoms with E-state index >= 15 is 0 Å². The van der Waals surface area contributed by atoms with Crippen LogP contribution in [0, 0.1) is 17.3 Å². The molecule has 3 nitrogen and oxygen atoms in total. The number of benzene rings is 1. The average Bonchev–Trinajstić information content (AvgIpc) is 2.93. The highest BCUT2D eigenvalue weighted by atomic mass is 16.5. The molecule has 0 heterocycles. The van der Waals surface area contributed by atoms with E-state index in [1.807, 2.05) is 0 Å². The number of fused-ring (bicyclic) bond motifs is 5. The van der Waals surface area contributed by atoms with Crippen LogP contribution in [-0.2, 0) is 6.42 Å². The van der Waals surface area contributed by atoms with Crippen LogP contribution in [0.3, 0.4) is 0 Å². The van der Waals surface area contributed by atoms with Crippen molar-refractivity contribution in [3.8, 4) is 5.75 Å². The Labute approximate surface area is 158 Å². The smallest absolute Gasteiger partial charge is 0.119 e. The standard InChI is InChI=1S/C23H35NO2/c1-23-12-11-19-18-8-6-17(26-14-4-13-24(2)3)15-16(18)5-7-20(19)21(23)9-10-22(23)25/h6,8,15,19-22,25H,4-5,7,9-14H2,1-3H3/t19-,20-,21+,22+,23+/m1/s1. The third-order valence-electron chi connectivity index (χ3n) is 7.67. The van der Waals surface area contributed by atoms with Crippen LogP contribution < -0.4 is 4.74 Å². The Balaban J connectivity index is 1.46. The van der Waals surface area contributed by atoms with Crippen LogP contribution in [0.25, 0.3) is 0 Å². The molecule has 144 valence electrons. The molecule has 2 saturated carbocycles.